The van der Waals surface area contributed by atoms with Gasteiger partial charge in [-0.2, -0.15) is 13.2 Å². The molecule has 10 nitrogen and oxygen atoms in total. The fourth-order valence-corrected chi connectivity index (χ4v) is 6.00. The number of halogens is 3. The number of nitrogens with zero attached hydrogens (tertiary/aromatic N) is 1. The first-order chi connectivity index (χ1) is 18.0. The number of primary amides is 1. The lowest BCUT2D eigenvalue weighted by atomic mass is 9.60. The van der Waals surface area contributed by atoms with Crippen molar-refractivity contribution in [1.82, 2.24) is 4.90 Å². The molecular weight excluding hydrogens is 523 g/mol. The van der Waals surface area contributed by atoms with E-state index in [9.17, 15) is 48.0 Å². The van der Waals surface area contributed by atoms with Crippen LogP contribution < -0.4 is 11.1 Å². The highest BCUT2D eigenvalue weighted by Gasteiger charge is 2.59. The molecule has 4 atom stereocenters. The number of carbonyl (C=O) groups is 3. The Morgan fingerprint density at radius 3 is 2.46 bits per heavy atom. The van der Waals surface area contributed by atoms with Crippen LogP contribution in [0.1, 0.15) is 47.7 Å². The van der Waals surface area contributed by atoms with E-state index in [4.69, 9.17) is 5.73 Å². The molecule has 7 N–H and O–H groups in total. The van der Waals surface area contributed by atoms with Crippen molar-refractivity contribution in [3.63, 3.8) is 0 Å². The number of allylic oxidation sites excluding steroid dienone is 2. The number of rotatable bonds is 6. The van der Waals surface area contributed by atoms with E-state index in [2.05, 4.69) is 5.32 Å². The Morgan fingerprint density at radius 1 is 1.26 bits per heavy atom. The Bertz CT molecular complexity index is 1340. The minimum Gasteiger partial charge on any atom is -0.511 e. The van der Waals surface area contributed by atoms with E-state index in [0.29, 0.717) is 11.3 Å². The molecule has 212 valence electrons. The zero-order valence-corrected chi connectivity index (χ0v) is 21.5. The first kappa shape index (κ1) is 28.4. The topological polar surface area (TPSA) is 173 Å². The Labute approximate surface area is 221 Å². The van der Waals surface area contributed by atoms with Crippen molar-refractivity contribution in [2.75, 3.05) is 19.4 Å². The summed E-state index contributed by atoms with van der Waals surface area (Å²) in [7, 11) is 3.03. The number of ketones is 2. The molecule has 0 aromatic heterocycles. The van der Waals surface area contributed by atoms with Gasteiger partial charge in [0.1, 0.15) is 22.8 Å². The first-order valence-corrected chi connectivity index (χ1v) is 12.3. The summed E-state index contributed by atoms with van der Waals surface area (Å²) in [6, 6.07) is 0.611. The summed E-state index contributed by atoms with van der Waals surface area (Å²) in [5.41, 5.74) is 2.15. The number of hydrogen-bond donors (Lipinski definition) is 6. The van der Waals surface area contributed by atoms with Gasteiger partial charge in [-0.05, 0) is 44.4 Å². The second-order valence-electron chi connectivity index (χ2n) is 10.5. The molecular formula is C26H30F3N3O7. The highest BCUT2D eigenvalue weighted by atomic mass is 19.4. The number of fused-ring (bicyclic) bond motifs is 3. The third-order valence-corrected chi connectivity index (χ3v) is 8.11. The first-order valence-electron chi connectivity index (χ1n) is 12.3. The number of nitrogens with two attached hydrogens (primary N) is 1. The number of anilines is 1. The maximum atomic E-state index is 13.8. The predicted molar refractivity (Wildman–Crippen MR) is 132 cm³/mol. The maximum Gasteiger partial charge on any atom is 0.390 e. The van der Waals surface area contributed by atoms with Crippen molar-refractivity contribution in [3.05, 3.63) is 45.4 Å². The van der Waals surface area contributed by atoms with E-state index in [1.165, 1.54) is 18.9 Å². The smallest absolute Gasteiger partial charge is 0.390 e. The lowest BCUT2D eigenvalue weighted by molar-refractivity contribution is -0.146. The van der Waals surface area contributed by atoms with Gasteiger partial charge in [-0.25, -0.2) is 0 Å². The van der Waals surface area contributed by atoms with Crippen LogP contribution in [-0.4, -0.2) is 74.7 Å². The number of amides is 1. The molecule has 0 aliphatic heterocycles. The summed E-state index contributed by atoms with van der Waals surface area (Å²) in [5.74, 6) is -7.29. The van der Waals surface area contributed by atoms with Crippen LogP contribution in [0.5, 0.6) is 5.75 Å². The fourth-order valence-electron chi connectivity index (χ4n) is 6.00. The number of aliphatic hydroxyl groups is 3. The molecule has 0 heterocycles. The van der Waals surface area contributed by atoms with Crippen molar-refractivity contribution >= 4 is 23.2 Å². The van der Waals surface area contributed by atoms with Crippen LogP contribution >= 0.6 is 0 Å². The number of carbonyl (C=O) groups excluding carboxylic acids is 3. The third kappa shape index (κ3) is 4.52. The molecule has 0 spiro atoms. The van der Waals surface area contributed by atoms with Crippen molar-refractivity contribution < 1.29 is 48.0 Å². The number of Topliss-reactive ketones (excluding diaryl/α,β-unsaturated/α-hetero) is 2. The van der Waals surface area contributed by atoms with Gasteiger partial charge in [0.25, 0.3) is 5.91 Å². The zero-order chi connectivity index (χ0) is 29.2. The molecule has 3 aliphatic rings. The van der Waals surface area contributed by atoms with E-state index >= 15 is 0 Å². The van der Waals surface area contributed by atoms with E-state index < -0.39 is 76.4 Å². The molecule has 1 amide bonds. The number of benzene rings is 1. The number of alkyl halides is 3. The minimum atomic E-state index is -4.40. The predicted octanol–water partition coefficient (Wildman–Crippen LogP) is 2.39. The second-order valence-corrected chi connectivity index (χ2v) is 10.5. The monoisotopic (exact) mass is 553 g/mol. The molecule has 3 aliphatic carbocycles. The van der Waals surface area contributed by atoms with Gasteiger partial charge in [0, 0.05) is 48.8 Å². The molecule has 39 heavy (non-hydrogen) atoms. The van der Waals surface area contributed by atoms with Crippen molar-refractivity contribution in [2.45, 2.75) is 57.0 Å². The average molecular weight is 554 g/mol. The van der Waals surface area contributed by atoms with Gasteiger partial charge in [-0.1, -0.05) is 0 Å². The lowest BCUT2D eigenvalue weighted by Crippen LogP contribution is -2.57. The Morgan fingerprint density at radius 2 is 1.90 bits per heavy atom. The van der Waals surface area contributed by atoms with Gasteiger partial charge in [0.15, 0.2) is 11.4 Å². The molecule has 0 bridgehead atoms. The third-order valence-electron chi connectivity index (χ3n) is 8.11. The number of phenolic OH excluding ortho intramolecular Hbond substituents is 1. The summed E-state index contributed by atoms with van der Waals surface area (Å²) in [6.45, 7) is 1.25. The number of hydrogen-bond acceptors (Lipinski definition) is 9. The van der Waals surface area contributed by atoms with Crippen molar-refractivity contribution in [3.8, 4) is 5.75 Å². The van der Waals surface area contributed by atoms with Crippen LogP contribution in [-0.2, 0) is 22.6 Å². The van der Waals surface area contributed by atoms with Gasteiger partial charge in [-0.15, -0.1) is 0 Å². The van der Waals surface area contributed by atoms with E-state index in [0.717, 1.165) is 0 Å². The molecule has 0 saturated carbocycles. The fraction of sp³-hybridized carbons (Fsp3) is 0.500. The van der Waals surface area contributed by atoms with Crippen molar-refractivity contribution in [1.29, 1.82) is 0 Å². The summed E-state index contributed by atoms with van der Waals surface area (Å²) < 4.78 is 38.7. The lowest BCUT2D eigenvalue weighted by Gasteiger charge is -2.45. The zero-order valence-electron chi connectivity index (χ0n) is 21.5. The molecule has 1 unspecified atom stereocenters. The van der Waals surface area contributed by atoms with Crippen LogP contribution in [0.3, 0.4) is 0 Å². The number of aromatic hydroxyl groups is 1. The average Bonchev–Trinajstić information content (AvgIpc) is 2.81. The second kappa shape index (κ2) is 9.56. The van der Waals surface area contributed by atoms with E-state index in [1.807, 2.05) is 0 Å². The van der Waals surface area contributed by atoms with Crippen molar-refractivity contribution in [2.24, 2.45) is 17.6 Å². The largest absolute Gasteiger partial charge is 0.511 e. The highest BCUT2D eigenvalue weighted by molar-refractivity contribution is 6.24. The van der Waals surface area contributed by atoms with Crippen LogP contribution in [0.15, 0.2) is 28.7 Å². The maximum absolute atomic E-state index is 13.8. The molecule has 4 rings (SSSR count). The summed E-state index contributed by atoms with van der Waals surface area (Å²) in [5, 5.41) is 46.8. The Balaban J connectivity index is 1.80. The van der Waals surface area contributed by atoms with Gasteiger partial charge in [-0.3, -0.25) is 19.3 Å². The Hall–Kier alpha value is -3.58. The number of phenols is 1. The quantitative estimate of drug-likeness (QED) is 0.228. The van der Waals surface area contributed by atoms with E-state index in [1.54, 1.807) is 13.1 Å². The normalized spacial score (nSPS) is 25.8. The van der Waals surface area contributed by atoms with Crippen LogP contribution in [0.4, 0.5) is 18.9 Å². The highest BCUT2D eigenvalue weighted by Crippen LogP contribution is 2.52. The van der Waals surface area contributed by atoms with Crippen LogP contribution in [0.25, 0.3) is 0 Å². The van der Waals surface area contributed by atoms with Gasteiger partial charge in [0.2, 0.25) is 5.78 Å². The number of nitrogens with one attached hydrogen (secondary N) is 1. The summed E-state index contributed by atoms with van der Waals surface area (Å²) >= 11 is 0. The van der Waals surface area contributed by atoms with Gasteiger partial charge in [0.05, 0.1) is 12.0 Å². The number of aliphatic hydroxyl groups excluding tert-OH is 2. The molecule has 1 aromatic carbocycles. The SMILES string of the molecule is CNc1cc(CN(C)C(C)CC(F)(F)F)c(O)c2c1C[C@H]1C[C@H]3CC(O)=C(C(N)=O)C(=O)[C@@]3(O)C(O)=C1C2=O. The molecule has 0 radical (unpaired) electrons. The standard InChI is InChI=1S/C26H30F3N3O7/c1-10(8-25(27,28)29)32(3)9-12-6-15(31-2)14-5-11-4-13-7-16(33)19(24(30)38)23(37)26(13,39)22(36)17(11)21(35)18(14)20(12)34/h6,10-11,13,31,33-34,36,39H,4-5,7-9H2,1-3H3,(H2,30,38)/t10?,11-,13+,26+/m1/s1. The van der Waals surface area contributed by atoms with E-state index in [-0.39, 0.29) is 42.5 Å². The summed E-state index contributed by atoms with van der Waals surface area (Å²) in [4.78, 5) is 40.0. The molecule has 0 fully saturated rings. The Kier molecular flexibility index (Phi) is 6.97. The van der Waals surface area contributed by atoms with Crippen LogP contribution in [0, 0.1) is 11.8 Å². The molecule has 1 aromatic rings. The minimum absolute atomic E-state index is 0.00766. The van der Waals surface area contributed by atoms with Gasteiger partial charge < -0.3 is 31.5 Å². The molecule has 0 saturated heterocycles. The molecule has 13 heteroatoms. The summed E-state index contributed by atoms with van der Waals surface area (Å²) in [6.07, 6.45) is -5.71. The van der Waals surface area contributed by atoms with Crippen LogP contribution in [0.2, 0.25) is 0 Å². The van der Waals surface area contributed by atoms with Gasteiger partial charge >= 0.3 is 6.18 Å².